The maximum Gasteiger partial charge on any atom is 0.168 e. The molecular weight excluding hydrogens is 242 g/mol. The Kier molecular flexibility index (Phi) is 4.13. The minimum absolute atomic E-state index is 0.206. The Balaban J connectivity index is 1.46. The molecule has 4 nitrogen and oxygen atoms in total. The summed E-state index contributed by atoms with van der Waals surface area (Å²) in [5.41, 5.74) is 0. The maximum atomic E-state index is 5.80. The molecule has 0 unspecified atom stereocenters. The Morgan fingerprint density at radius 2 is 1.58 bits per heavy atom. The summed E-state index contributed by atoms with van der Waals surface area (Å²) in [6, 6.07) is 0. The van der Waals surface area contributed by atoms with Crippen molar-refractivity contribution in [2.75, 3.05) is 32.8 Å². The molecule has 0 aromatic heterocycles. The molecule has 0 bridgehead atoms. The van der Waals surface area contributed by atoms with Gasteiger partial charge in [0, 0.05) is 32.5 Å². The van der Waals surface area contributed by atoms with Crippen LogP contribution in [0.3, 0.4) is 0 Å². The van der Waals surface area contributed by atoms with E-state index in [1.165, 1.54) is 19.4 Å². The van der Waals surface area contributed by atoms with Crippen LogP contribution in [0.15, 0.2) is 0 Å². The lowest BCUT2D eigenvalue weighted by Crippen LogP contribution is -2.48. The summed E-state index contributed by atoms with van der Waals surface area (Å²) < 4.78 is 17.4. The van der Waals surface area contributed by atoms with Crippen molar-refractivity contribution in [3.8, 4) is 0 Å². The van der Waals surface area contributed by atoms with Gasteiger partial charge in [0.05, 0.1) is 25.4 Å². The Bertz CT molecular complexity index is 284. The highest BCUT2D eigenvalue weighted by Gasteiger charge is 2.40. The van der Waals surface area contributed by atoms with E-state index in [0.717, 1.165) is 45.1 Å². The van der Waals surface area contributed by atoms with E-state index in [1.54, 1.807) is 0 Å². The van der Waals surface area contributed by atoms with Gasteiger partial charge in [-0.3, -0.25) is 4.90 Å². The molecule has 3 rings (SSSR count). The second kappa shape index (κ2) is 5.68. The molecule has 0 radical (unpaired) electrons. The van der Waals surface area contributed by atoms with Gasteiger partial charge in [-0.15, -0.1) is 0 Å². The molecule has 3 aliphatic rings. The molecule has 1 aliphatic carbocycles. The second-order valence-electron chi connectivity index (χ2n) is 6.53. The van der Waals surface area contributed by atoms with Crippen LogP contribution in [0.4, 0.5) is 0 Å². The van der Waals surface area contributed by atoms with Gasteiger partial charge >= 0.3 is 0 Å². The molecule has 19 heavy (non-hydrogen) atoms. The van der Waals surface area contributed by atoms with Crippen LogP contribution in [0, 0.1) is 5.92 Å². The van der Waals surface area contributed by atoms with Crippen LogP contribution in [-0.4, -0.2) is 55.7 Å². The van der Waals surface area contributed by atoms with Crippen molar-refractivity contribution in [1.29, 1.82) is 0 Å². The van der Waals surface area contributed by atoms with E-state index in [4.69, 9.17) is 14.2 Å². The maximum absolute atomic E-state index is 5.80. The molecule has 2 atom stereocenters. The van der Waals surface area contributed by atoms with Gasteiger partial charge in [-0.25, -0.2) is 0 Å². The molecule has 0 N–H and O–H groups in total. The van der Waals surface area contributed by atoms with Crippen LogP contribution in [0.5, 0.6) is 0 Å². The summed E-state index contributed by atoms with van der Waals surface area (Å²) in [7, 11) is 0. The smallest absolute Gasteiger partial charge is 0.168 e. The standard InChI is InChI=1S/C15H27NO3/c1-12-9-16(10-13(2)19-12)11-14-3-5-15(6-4-14)17-7-8-18-15/h12-14H,3-11H2,1-2H3/t12-,13+. The predicted octanol–water partition coefficient (Wildman–Crippen LogP) is 2.03. The van der Waals surface area contributed by atoms with Crippen molar-refractivity contribution >= 4 is 0 Å². The summed E-state index contributed by atoms with van der Waals surface area (Å²) >= 11 is 0. The first-order valence-electron chi connectivity index (χ1n) is 7.81. The molecule has 0 aromatic carbocycles. The molecule has 2 heterocycles. The second-order valence-corrected chi connectivity index (χ2v) is 6.53. The lowest BCUT2D eigenvalue weighted by molar-refractivity contribution is -0.184. The average molecular weight is 269 g/mol. The van der Waals surface area contributed by atoms with E-state index in [9.17, 15) is 0 Å². The van der Waals surface area contributed by atoms with Gasteiger partial charge in [-0.05, 0) is 32.6 Å². The van der Waals surface area contributed by atoms with Gasteiger partial charge in [0.2, 0.25) is 0 Å². The Morgan fingerprint density at radius 1 is 1.00 bits per heavy atom. The third-order valence-electron chi connectivity index (χ3n) is 4.69. The molecular formula is C15H27NO3. The van der Waals surface area contributed by atoms with Crippen LogP contribution in [0.2, 0.25) is 0 Å². The minimum atomic E-state index is -0.206. The number of hydrogen-bond acceptors (Lipinski definition) is 4. The Labute approximate surface area is 116 Å². The quantitative estimate of drug-likeness (QED) is 0.767. The van der Waals surface area contributed by atoms with Crippen LogP contribution in [-0.2, 0) is 14.2 Å². The van der Waals surface area contributed by atoms with Gasteiger partial charge in [0.1, 0.15) is 0 Å². The summed E-state index contributed by atoms with van der Waals surface area (Å²) in [5, 5.41) is 0. The number of rotatable bonds is 2. The van der Waals surface area contributed by atoms with Crippen molar-refractivity contribution < 1.29 is 14.2 Å². The number of hydrogen-bond donors (Lipinski definition) is 0. The lowest BCUT2D eigenvalue weighted by atomic mass is 9.84. The van der Waals surface area contributed by atoms with Crippen LogP contribution >= 0.6 is 0 Å². The van der Waals surface area contributed by atoms with Crippen molar-refractivity contribution in [3.05, 3.63) is 0 Å². The molecule has 3 fully saturated rings. The van der Waals surface area contributed by atoms with Gasteiger partial charge < -0.3 is 14.2 Å². The number of ether oxygens (including phenoxy) is 3. The fraction of sp³-hybridized carbons (Fsp3) is 1.00. The van der Waals surface area contributed by atoms with Crippen molar-refractivity contribution in [2.45, 2.75) is 57.5 Å². The zero-order valence-electron chi connectivity index (χ0n) is 12.3. The van der Waals surface area contributed by atoms with Gasteiger partial charge in [0.15, 0.2) is 5.79 Å². The van der Waals surface area contributed by atoms with Gasteiger partial charge in [-0.2, -0.15) is 0 Å². The van der Waals surface area contributed by atoms with Crippen molar-refractivity contribution in [2.24, 2.45) is 5.92 Å². The molecule has 1 spiro atoms. The zero-order chi connectivity index (χ0) is 13.3. The molecule has 1 saturated carbocycles. The topological polar surface area (TPSA) is 30.9 Å². The minimum Gasteiger partial charge on any atom is -0.373 e. The monoisotopic (exact) mass is 269 g/mol. The third kappa shape index (κ3) is 3.30. The molecule has 2 saturated heterocycles. The summed E-state index contributed by atoms with van der Waals surface area (Å²) in [4.78, 5) is 2.58. The first-order valence-corrected chi connectivity index (χ1v) is 7.81. The highest BCUT2D eigenvalue weighted by Crippen LogP contribution is 2.38. The Morgan fingerprint density at radius 3 is 2.16 bits per heavy atom. The average Bonchev–Trinajstić information content (AvgIpc) is 2.80. The van der Waals surface area contributed by atoms with E-state index < -0.39 is 0 Å². The fourth-order valence-corrected chi connectivity index (χ4v) is 3.88. The van der Waals surface area contributed by atoms with E-state index in [2.05, 4.69) is 18.7 Å². The molecule has 2 aliphatic heterocycles. The van der Waals surface area contributed by atoms with Crippen LogP contribution < -0.4 is 0 Å². The number of morpholine rings is 1. The fourth-order valence-electron chi connectivity index (χ4n) is 3.88. The van der Waals surface area contributed by atoms with E-state index >= 15 is 0 Å². The third-order valence-corrected chi connectivity index (χ3v) is 4.69. The summed E-state index contributed by atoms with van der Waals surface area (Å²) in [6.07, 6.45) is 5.38. The van der Waals surface area contributed by atoms with Crippen LogP contribution in [0.1, 0.15) is 39.5 Å². The molecule has 4 heteroatoms. The van der Waals surface area contributed by atoms with Crippen molar-refractivity contribution in [3.63, 3.8) is 0 Å². The predicted molar refractivity (Wildman–Crippen MR) is 73.0 cm³/mol. The van der Waals surface area contributed by atoms with Gasteiger partial charge in [-0.1, -0.05) is 0 Å². The van der Waals surface area contributed by atoms with Crippen molar-refractivity contribution in [1.82, 2.24) is 4.90 Å². The lowest BCUT2D eigenvalue weighted by Gasteiger charge is -2.40. The first kappa shape index (κ1) is 13.8. The Hall–Kier alpha value is -0.160. The molecule has 0 aromatic rings. The number of nitrogens with zero attached hydrogens (tertiary/aromatic N) is 1. The summed E-state index contributed by atoms with van der Waals surface area (Å²) in [6.45, 7) is 9.30. The normalized spacial score (nSPS) is 36.9. The molecule has 0 amide bonds. The highest BCUT2D eigenvalue weighted by atomic mass is 16.7. The van der Waals surface area contributed by atoms with Gasteiger partial charge in [0.25, 0.3) is 0 Å². The molecule has 110 valence electrons. The summed E-state index contributed by atoms with van der Waals surface area (Å²) in [5.74, 6) is 0.596. The van der Waals surface area contributed by atoms with E-state index in [-0.39, 0.29) is 5.79 Å². The van der Waals surface area contributed by atoms with E-state index in [0.29, 0.717) is 12.2 Å². The SMILES string of the molecule is C[C@@H]1CN(CC2CCC3(CC2)OCCO3)C[C@H](C)O1. The van der Waals surface area contributed by atoms with E-state index in [1.807, 2.05) is 0 Å². The largest absolute Gasteiger partial charge is 0.373 e. The first-order chi connectivity index (χ1) is 9.15. The van der Waals surface area contributed by atoms with Crippen LogP contribution in [0.25, 0.3) is 0 Å². The highest BCUT2D eigenvalue weighted by molar-refractivity contribution is 4.85. The zero-order valence-corrected chi connectivity index (χ0v) is 12.3.